The number of para-hydroxylation sites is 1. The normalized spacial score (nSPS) is 12.0. The Morgan fingerprint density at radius 2 is 1.68 bits per heavy atom. The lowest BCUT2D eigenvalue weighted by atomic mass is 10.1. The van der Waals surface area contributed by atoms with Gasteiger partial charge in [0.2, 0.25) is 0 Å². The van der Waals surface area contributed by atoms with Gasteiger partial charge in [-0.2, -0.15) is 5.10 Å². The van der Waals surface area contributed by atoms with E-state index in [0.717, 1.165) is 0 Å². The highest BCUT2D eigenvalue weighted by Gasteiger charge is 2.23. The lowest BCUT2D eigenvalue weighted by molar-refractivity contribution is 0.0734. The van der Waals surface area contributed by atoms with Crippen molar-refractivity contribution >= 4 is 5.91 Å². The first-order valence-electron chi connectivity index (χ1n) is 7.81. The van der Waals surface area contributed by atoms with Crippen LogP contribution in [0.5, 0.6) is 0 Å². The number of rotatable bonds is 4. The quantitative estimate of drug-likeness (QED) is 0.720. The number of amides is 1. The van der Waals surface area contributed by atoms with Crippen molar-refractivity contribution in [2.75, 3.05) is 7.05 Å². The van der Waals surface area contributed by atoms with Gasteiger partial charge in [0.15, 0.2) is 5.69 Å². The van der Waals surface area contributed by atoms with Crippen LogP contribution in [0.15, 0.2) is 60.8 Å². The van der Waals surface area contributed by atoms with Crippen molar-refractivity contribution in [1.29, 1.82) is 0 Å². The molecule has 3 rings (SSSR count). The van der Waals surface area contributed by atoms with Crippen LogP contribution in [0.2, 0.25) is 0 Å². The van der Waals surface area contributed by atoms with E-state index in [1.165, 1.54) is 34.0 Å². The molecule has 0 radical (unpaired) electrons. The Balaban J connectivity index is 1.84. The summed E-state index contributed by atoms with van der Waals surface area (Å²) in [6, 6.07) is 13.5. The summed E-state index contributed by atoms with van der Waals surface area (Å²) >= 11 is 0. The van der Waals surface area contributed by atoms with Crippen LogP contribution in [0, 0.1) is 11.6 Å². The molecule has 1 unspecified atom stereocenters. The lowest BCUT2D eigenvalue weighted by Crippen LogP contribution is -2.30. The highest BCUT2D eigenvalue weighted by molar-refractivity contribution is 5.92. The lowest BCUT2D eigenvalue weighted by Gasteiger charge is -2.24. The summed E-state index contributed by atoms with van der Waals surface area (Å²) in [5, 5.41) is 4.15. The Morgan fingerprint density at radius 1 is 1.04 bits per heavy atom. The molecule has 0 saturated carbocycles. The molecule has 0 spiro atoms. The number of aromatic nitrogens is 2. The summed E-state index contributed by atoms with van der Waals surface area (Å²) in [5.41, 5.74) is 0.840. The van der Waals surface area contributed by atoms with E-state index in [0.29, 0.717) is 5.56 Å². The maximum absolute atomic E-state index is 13.9. The molecular formula is C19H17F2N3O. The maximum atomic E-state index is 13.9. The van der Waals surface area contributed by atoms with E-state index < -0.39 is 11.9 Å². The van der Waals surface area contributed by atoms with Gasteiger partial charge in [0.25, 0.3) is 5.91 Å². The third-order valence-electron chi connectivity index (χ3n) is 4.16. The van der Waals surface area contributed by atoms with Crippen LogP contribution in [0.3, 0.4) is 0 Å². The van der Waals surface area contributed by atoms with E-state index in [1.54, 1.807) is 50.4 Å². The second-order valence-corrected chi connectivity index (χ2v) is 5.71. The molecule has 0 aliphatic carbocycles. The molecule has 1 amide bonds. The van der Waals surface area contributed by atoms with Gasteiger partial charge in [-0.25, -0.2) is 13.5 Å². The molecular weight excluding hydrogens is 324 g/mol. The number of benzene rings is 2. The van der Waals surface area contributed by atoms with Gasteiger partial charge in [-0.1, -0.05) is 30.3 Å². The van der Waals surface area contributed by atoms with Gasteiger partial charge in [-0.15, -0.1) is 0 Å². The van der Waals surface area contributed by atoms with Crippen molar-refractivity contribution in [2.24, 2.45) is 0 Å². The predicted molar refractivity (Wildman–Crippen MR) is 90.4 cm³/mol. The zero-order valence-corrected chi connectivity index (χ0v) is 13.9. The number of hydrogen-bond donors (Lipinski definition) is 0. The number of carbonyl (C=O) groups excluding carboxylic acids is 1. The fourth-order valence-electron chi connectivity index (χ4n) is 2.59. The zero-order valence-electron chi connectivity index (χ0n) is 13.9. The number of nitrogens with zero attached hydrogens (tertiary/aromatic N) is 3. The first kappa shape index (κ1) is 16.8. The van der Waals surface area contributed by atoms with Gasteiger partial charge < -0.3 is 4.90 Å². The Labute approximate surface area is 144 Å². The summed E-state index contributed by atoms with van der Waals surface area (Å²) in [4.78, 5) is 14.0. The fraction of sp³-hybridized carbons (Fsp3) is 0.158. The summed E-state index contributed by atoms with van der Waals surface area (Å²) in [6.45, 7) is 1.74. The largest absolute Gasteiger partial charge is 0.333 e. The van der Waals surface area contributed by atoms with Crippen LogP contribution in [-0.2, 0) is 0 Å². The van der Waals surface area contributed by atoms with E-state index in [1.807, 2.05) is 0 Å². The molecule has 1 atom stereocenters. The Morgan fingerprint density at radius 3 is 2.36 bits per heavy atom. The van der Waals surface area contributed by atoms with E-state index >= 15 is 0 Å². The van der Waals surface area contributed by atoms with Crippen LogP contribution in [-0.4, -0.2) is 27.6 Å². The van der Waals surface area contributed by atoms with E-state index in [-0.39, 0.29) is 23.1 Å². The van der Waals surface area contributed by atoms with Crippen molar-refractivity contribution in [3.05, 3.63) is 83.7 Å². The van der Waals surface area contributed by atoms with Crippen molar-refractivity contribution in [3.8, 4) is 5.69 Å². The van der Waals surface area contributed by atoms with Gasteiger partial charge in [-0.3, -0.25) is 4.79 Å². The first-order valence-corrected chi connectivity index (χ1v) is 7.81. The predicted octanol–water partition coefficient (Wildman–Crippen LogP) is 3.98. The second-order valence-electron chi connectivity index (χ2n) is 5.71. The number of carbonyl (C=O) groups is 1. The van der Waals surface area contributed by atoms with E-state index in [2.05, 4.69) is 5.10 Å². The molecule has 0 fully saturated rings. The van der Waals surface area contributed by atoms with Crippen LogP contribution in [0.1, 0.15) is 29.0 Å². The molecule has 0 aliphatic rings. The molecule has 0 aliphatic heterocycles. The molecule has 0 saturated heterocycles. The van der Waals surface area contributed by atoms with Crippen LogP contribution < -0.4 is 0 Å². The first-order chi connectivity index (χ1) is 12.0. The summed E-state index contributed by atoms with van der Waals surface area (Å²) < 4.78 is 29.1. The highest BCUT2D eigenvalue weighted by Crippen LogP contribution is 2.23. The molecule has 1 heterocycles. The van der Waals surface area contributed by atoms with Gasteiger partial charge in [0.05, 0.1) is 6.04 Å². The molecule has 2 aromatic carbocycles. The molecule has 25 heavy (non-hydrogen) atoms. The third-order valence-corrected chi connectivity index (χ3v) is 4.16. The van der Waals surface area contributed by atoms with Gasteiger partial charge >= 0.3 is 0 Å². The Bertz CT molecular complexity index is 907. The van der Waals surface area contributed by atoms with Crippen LogP contribution >= 0.6 is 0 Å². The molecule has 3 aromatic rings. The third kappa shape index (κ3) is 3.28. The van der Waals surface area contributed by atoms with Gasteiger partial charge in [0.1, 0.15) is 17.3 Å². The summed E-state index contributed by atoms with van der Waals surface area (Å²) in [5.74, 6) is -1.17. The standard InChI is InChI=1S/C19H17F2N3O/c1-13(14-7-3-4-8-15(14)20)23(2)19(25)17-11-12-24(22-17)18-10-6-5-9-16(18)21/h3-13H,1-2H3. The van der Waals surface area contributed by atoms with Crippen molar-refractivity contribution in [1.82, 2.24) is 14.7 Å². The molecule has 0 bridgehead atoms. The minimum absolute atomic E-state index is 0.161. The number of hydrogen-bond acceptors (Lipinski definition) is 2. The average molecular weight is 341 g/mol. The minimum Gasteiger partial charge on any atom is -0.333 e. The molecule has 0 N–H and O–H groups in total. The Hall–Kier alpha value is -3.02. The number of halogens is 2. The topological polar surface area (TPSA) is 38.1 Å². The highest BCUT2D eigenvalue weighted by atomic mass is 19.1. The smallest absolute Gasteiger partial charge is 0.274 e. The van der Waals surface area contributed by atoms with Crippen molar-refractivity contribution < 1.29 is 13.6 Å². The van der Waals surface area contributed by atoms with E-state index in [9.17, 15) is 13.6 Å². The van der Waals surface area contributed by atoms with Gasteiger partial charge in [0, 0.05) is 18.8 Å². The van der Waals surface area contributed by atoms with Crippen LogP contribution in [0.25, 0.3) is 5.69 Å². The molecule has 1 aromatic heterocycles. The summed E-state index contributed by atoms with van der Waals surface area (Å²) in [7, 11) is 1.58. The summed E-state index contributed by atoms with van der Waals surface area (Å²) in [6.07, 6.45) is 1.52. The second kappa shape index (κ2) is 6.84. The minimum atomic E-state index is -0.465. The molecule has 4 nitrogen and oxygen atoms in total. The fourth-order valence-corrected chi connectivity index (χ4v) is 2.59. The monoisotopic (exact) mass is 341 g/mol. The molecule has 128 valence electrons. The van der Waals surface area contributed by atoms with Gasteiger partial charge in [-0.05, 0) is 31.2 Å². The maximum Gasteiger partial charge on any atom is 0.274 e. The SMILES string of the molecule is CC(c1ccccc1F)N(C)C(=O)c1ccn(-c2ccccc2F)n1. The average Bonchev–Trinajstić information content (AvgIpc) is 3.10. The Kier molecular flexibility index (Phi) is 4.61. The van der Waals surface area contributed by atoms with Crippen molar-refractivity contribution in [3.63, 3.8) is 0 Å². The molecule has 6 heteroatoms. The van der Waals surface area contributed by atoms with Crippen molar-refractivity contribution in [2.45, 2.75) is 13.0 Å². The van der Waals surface area contributed by atoms with E-state index in [4.69, 9.17) is 0 Å². The van der Waals surface area contributed by atoms with Crippen LogP contribution in [0.4, 0.5) is 8.78 Å². The zero-order chi connectivity index (χ0) is 18.0.